The van der Waals surface area contributed by atoms with Gasteiger partial charge in [-0.3, -0.25) is 0 Å². The quantitative estimate of drug-likeness (QED) is 0.882. The minimum Gasteiger partial charge on any atom is -0.381 e. The molecule has 2 aliphatic heterocycles. The van der Waals surface area contributed by atoms with Crippen LogP contribution >= 0.6 is 0 Å². The lowest BCUT2D eigenvalue weighted by atomic mass is 9.88. The molecule has 1 aromatic rings. The fourth-order valence-corrected chi connectivity index (χ4v) is 4.66. The van der Waals surface area contributed by atoms with Gasteiger partial charge in [0.25, 0.3) is 0 Å². The summed E-state index contributed by atoms with van der Waals surface area (Å²) in [5, 5.41) is 3.69. The molecule has 0 radical (unpaired) electrons. The van der Waals surface area contributed by atoms with Gasteiger partial charge in [0.15, 0.2) is 0 Å². The van der Waals surface area contributed by atoms with Gasteiger partial charge >= 0.3 is 0 Å². The Bertz CT molecular complexity index is 585. The summed E-state index contributed by atoms with van der Waals surface area (Å²) in [5.41, 5.74) is 8.30. The molecule has 25 heavy (non-hydrogen) atoms. The van der Waals surface area contributed by atoms with Crippen molar-refractivity contribution in [2.24, 2.45) is 11.7 Å². The molecule has 1 aliphatic carbocycles. The Balaban J connectivity index is 1.39. The minimum absolute atomic E-state index is 0.395. The smallest absolute Gasteiger partial charge is 0.128 e. The summed E-state index contributed by atoms with van der Waals surface area (Å²) in [6.07, 6.45) is 8.69. The lowest BCUT2D eigenvalue weighted by molar-refractivity contribution is -0.0358. The monoisotopic (exact) mass is 344 g/mol. The summed E-state index contributed by atoms with van der Waals surface area (Å²) in [6, 6.07) is 5.34. The van der Waals surface area contributed by atoms with Gasteiger partial charge in [-0.2, -0.15) is 0 Å². The van der Waals surface area contributed by atoms with Gasteiger partial charge in [-0.15, -0.1) is 0 Å². The number of nitrogens with two attached hydrogens (primary N) is 1. The van der Waals surface area contributed by atoms with E-state index >= 15 is 0 Å². The van der Waals surface area contributed by atoms with Crippen molar-refractivity contribution in [2.45, 2.75) is 70.1 Å². The first-order valence-electron chi connectivity index (χ1n) is 10.1. The molecule has 3 heterocycles. The molecule has 5 nitrogen and oxygen atoms in total. The van der Waals surface area contributed by atoms with E-state index in [2.05, 4.69) is 29.3 Å². The Morgan fingerprint density at radius 2 is 2.00 bits per heavy atom. The number of nitrogens with zero attached hydrogens (tertiary/aromatic N) is 2. The van der Waals surface area contributed by atoms with Crippen LogP contribution in [0.1, 0.15) is 50.6 Å². The standard InChI is InChI=1S/C20H32N4O/c1-14-18(23-17-6-4-16(21)5-7-17)8-9-20(22-14)24-11-10-19-15(13-24)3-2-12-25-19/h8-9,15-17,19,23H,2-7,10-13,21H2,1H3/t15-,16?,17?,19-/m1/s1. The van der Waals surface area contributed by atoms with Gasteiger partial charge in [0.2, 0.25) is 0 Å². The summed E-state index contributed by atoms with van der Waals surface area (Å²) in [4.78, 5) is 7.36. The number of nitrogens with one attached hydrogen (secondary N) is 1. The summed E-state index contributed by atoms with van der Waals surface area (Å²) < 4.78 is 5.94. The summed E-state index contributed by atoms with van der Waals surface area (Å²) >= 11 is 0. The number of piperidine rings is 1. The Labute approximate surface area is 151 Å². The second-order valence-electron chi connectivity index (χ2n) is 8.10. The predicted octanol–water partition coefficient (Wildman–Crippen LogP) is 3.08. The van der Waals surface area contributed by atoms with E-state index in [1.54, 1.807) is 0 Å². The number of aromatic nitrogens is 1. The molecule has 1 aromatic heterocycles. The molecule has 0 unspecified atom stereocenters. The van der Waals surface area contributed by atoms with E-state index in [1.807, 2.05) is 0 Å². The predicted molar refractivity (Wildman–Crippen MR) is 102 cm³/mol. The molecule has 3 aliphatic rings. The average Bonchev–Trinajstić information content (AvgIpc) is 2.65. The average molecular weight is 345 g/mol. The lowest BCUT2D eigenvalue weighted by Crippen LogP contribution is -2.46. The molecule has 4 rings (SSSR count). The first kappa shape index (κ1) is 17.1. The van der Waals surface area contributed by atoms with Gasteiger partial charge in [-0.05, 0) is 64.0 Å². The zero-order valence-electron chi connectivity index (χ0n) is 15.4. The molecule has 5 heteroatoms. The van der Waals surface area contributed by atoms with Gasteiger partial charge in [-0.1, -0.05) is 0 Å². The van der Waals surface area contributed by atoms with E-state index in [9.17, 15) is 0 Å². The van der Waals surface area contributed by atoms with Crippen molar-refractivity contribution in [3.8, 4) is 0 Å². The van der Waals surface area contributed by atoms with Crippen LogP contribution in [0.2, 0.25) is 0 Å². The largest absolute Gasteiger partial charge is 0.381 e. The number of anilines is 2. The zero-order valence-corrected chi connectivity index (χ0v) is 15.4. The normalized spacial score (nSPS) is 33.0. The number of aryl methyl sites for hydroxylation is 1. The van der Waals surface area contributed by atoms with Crippen molar-refractivity contribution in [2.75, 3.05) is 29.9 Å². The van der Waals surface area contributed by atoms with Crippen LogP contribution in [0.5, 0.6) is 0 Å². The first-order chi connectivity index (χ1) is 12.2. The van der Waals surface area contributed by atoms with Crippen LogP contribution in [0.15, 0.2) is 12.1 Å². The molecule has 138 valence electrons. The Morgan fingerprint density at radius 3 is 2.80 bits per heavy atom. The number of pyridine rings is 1. The first-order valence-corrected chi connectivity index (χ1v) is 10.1. The maximum Gasteiger partial charge on any atom is 0.128 e. The van der Waals surface area contributed by atoms with Crippen molar-refractivity contribution >= 4 is 11.5 Å². The number of hydrogen-bond acceptors (Lipinski definition) is 5. The fraction of sp³-hybridized carbons (Fsp3) is 0.750. The molecule has 0 amide bonds. The van der Waals surface area contributed by atoms with E-state index in [4.69, 9.17) is 15.5 Å². The lowest BCUT2D eigenvalue weighted by Gasteiger charge is -2.41. The molecular weight excluding hydrogens is 312 g/mol. The van der Waals surface area contributed by atoms with Crippen LogP contribution < -0.4 is 16.0 Å². The maximum atomic E-state index is 6.01. The third-order valence-corrected chi connectivity index (χ3v) is 6.24. The number of ether oxygens (including phenoxy) is 1. The van der Waals surface area contributed by atoms with Crippen molar-refractivity contribution in [1.29, 1.82) is 0 Å². The minimum atomic E-state index is 0.395. The highest BCUT2D eigenvalue weighted by molar-refractivity contribution is 5.54. The molecule has 3 fully saturated rings. The van der Waals surface area contributed by atoms with Crippen molar-refractivity contribution < 1.29 is 4.74 Å². The molecule has 0 bridgehead atoms. The Kier molecular flexibility index (Phi) is 5.13. The topological polar surface area (TPSA) is 63.4 Å². The highest BCUT2D eigenvalue weighted by atomic mass is 16.5. The zero-order chi connectivity index (χ0) is 17.2. The van der Waals surface area contributed by atoms with Gasteiger partial charge < -0.3 is 20.7 Å². The molecule has 1 saturated carbocycles. The second-order valence-corrected chi connectivity index (χ2v) is 8.10. The third kappa shape index (κ3) is 3.93. The molecule has 3 N–H and O–H groups in total. The van der Waals surface area contributed by atoms with Gasteiger partial charge in [-0.25, -0.2) is 4.98 Å². The molecule has 0 spiro atoms. The maximum absolute atomic E-state index is 6.01. The summed E-state index contributed by atoms with van der Waals surface area (Å²) in [5.74, 6) is 1.80. The Morgan fingerprint density at radius 1 is 1.16 bits per heavy atom. The van der Waals surface area contributed by atoms with E-state index in [1.165, 1.54) is 18.5 Å². The molecule has 2 atom stereocenters. The van der Waals surface area contributed by atoms with Crippen LogP contribution in [0.25, 0.3) is 0 Å². The van der Waals surface area contributed by atoms with Crippen LogP contribution in [-0.4, -0.2) is 42.9 Å². The molecule has 0 aromatic carbocycles. The van der Waals surface area contributed by atoms with Gasteiger partial charge in [0.05, 0.1) is 17.5 Å². The van der Waals surface area contributed by atoms with Crippen molar-refractivity contribution in [3.05, 3.63) is 17.8 Å². The molecule has 2 saturated heterocycles. The SMILES string of the molecule is Cc1nc(N2CC[C@H]3OCCC[C@@H]3C2)ccc1NC1CCC(N)CC1. The van der Waals surface area contributed by atoms with Crippen LogP contribution in [0.4, 0.5) is 11.5 Å². The van der Waals surface area contributed by atoms with E-state index in [0.717, 1.165) is 63.3 Å². The summed E-state index contributed by atoms with van der Waals surface area (Å²) in [7, 11) is 0. The van der Waals surface area contributed by atoms with Crippen LogP contribution in [-0.2, 0) is 4.74 Å². The van der Waals surface area contributed by atoms with Gasteiger partial charge in [0, 0.05) is 37.7 Å². The van der Waals surface area contributed by atoms with E-state index in [0.29, 0.717) is 24.1 Å². The third-order valence-electron chi connectivity index (χ3n) is 6.24. The van der Waals surface area contributed by atoms with E-state index in [-0.39, 0.29) is 0 Å². The van der Waals surface area contributed by atoms with Crippen molar-refractivity contribution in [1.82, 2.24) is 4.98 Å². The van der Waals surface area contributed by atoms with Crippen LogP contribution in [0.3, 0.4) is 0 Å². The Hall–Kier alpha value is -1.33. The number of fused-ring (bicyclic) bond motifs is 1. The summed E-state index contributed by atoms with van der Waals surface area (Å²) in [6.45, 7) is 5.22. The number of rotatable bonds is 3. The highest BCUT2D eigenvalue weighted by Crippen LogP contribution is 2.31. The fourth-order valence-electron chi connectivity index (χ4n) is 4.66. The van der Waals surface area contributed by atoms with Crippen LogP contribution in [0, 0.1) is 12.8 Å². The van der Waals surface area contributed by atoms with E-state index < -0.39 is 0 Å². The highest BCUT2D eigenvalue weighted by Gasteiger charge is 2.32. The second kappa shape index (κ2) is 7.50. The number of hydrogen-bond donors (Lipinski definition) is 2. The molecular formula is C20H32N4O. The van der Waals surface area contributed by atoms with Crippen molar-refractivity contribution in [3.63, 3.8) is 0 Å². The van der Waals surface area contributed by atoms with Gasteiger partial charge in [0.1, 0.15) is 5.82 Å².